The average Bonchev–Trinajstić information content (AvgIpc) is 2.61. The topological polar surface area (TPSA) is 176 Å². The van der Waals surface area contributed by atoms with Crippen LogP contribution in [0.4, 0.5) is 0 Å². The van der Waals surface area contributed by atoms with E-state index in [0.29, 0.717) is 0 Å². The van der Waals surface area contributed by atoms with Crippen LogP contribution in [0.5, 0.6) is 0 Å². The van der Waals surface area contributed by atoms with Gasteiger partial charge >= 0.3 is 23.9 Å². The molecule has 0 saturated carbocycles. The van der Waals surface area contributed by atoms with Crippen molar-refractivity contribution in [1.29, 1.82) is 0 Å². The zero-order chi connectivity index (χ0) is 22.1. The molecule has 0 aromatic rings. The molecule has 5 atom stereocenters. The highest BCUT2D eigenvalue weighted by Gasteiger charge is 2.53. The molecule has 1 saturated heterocycles. The summed E-state index contributed by atoms with van der Waals surface area (Å²) in [5, 5.41) is 0. The van der Waals surface area contributed by atoms with Crippen molar-refractivity contribution in [2.45, 2.75) is 64.5 Å². The van der Waals surface area contributed by atoms with Crippen LogP contribution in [0, 0.1) is 0 Å². The maximum absolute atomic E-state index is 11.7. The number of ether oxygens (including phenoxy) is 6. The Labute approximate surface area is 168 Å². The highest BCUT2D eigenvalue weighted by molar-refractivity contribution is 5.68. The summed E-state index contributed by atoms with van der Waals surface area (Å²) in [5.41, 5.74) is 11.2. The molecule has 0 bridgehead atoms. The summed E-state index contributed by atoms with van der Waals surface area (Å²) in [6.45, 7) is 4.31. The first kappa shape index (κ1) is 24.8. The van der Waals surface area contributed by atoms with Gasteiger partial charge in [0.25, 0.3) is 0 Å². The van der Waals surface area contributed by atoms with Gasteiger partial charge in [-0.3, -0.25) is 19.2 Å². The van der Waals surface area contributed by atoms with Crippen LogP contribution in [0.3, 0.4) is 0 Å². The van der Waals surface area contributed by atoms with Gasteiger partial charge in [-0.1, -0.05) is 0 Å². The van der Waals surface area contributed by atoms with Crippen molar-refractivity contribution < 1.29 is 47.6 Å². The van der Waals surface area contributed by atoms with E-state index in [1.807, 2.05) is 0 Å². The van der Waals surface area contributed by atoms with Gasteiger partial charge in [-0.05, 0) is 0 Å². The van der Waals surface area contributed by atoms with Crippen LogP contribution in [0.15, 0.2) is 0 Å². The summed E-state index contributed by atoms with van der Waals surface area (Å²) in [5.74, 6) is -2.78. The molecule has 0 aromatic carbocycles. The largest absolute Gasteiger partial charge is 0.463 e. The third kappa shape index (κ3) is 7.93. The molecular formula is C17H28N2O10. The van der Waals surface area contributed by atoms with Gasteiger partial charge in [0.05, 0.1) is 6.10 Å². The minimum atomic E-state index is -1.30. The third-order valence-electron chi connectivity index (χ3n) is 3.80. The smallest absolute Gasteiger partial charge is 0.303 e. The van der Waals surface area contributed by atoms with Gasteiger partial charge in [0, 0.05) is 40.8 Å². The third-order valence-corrected chi connectivity index (χ3v) is 3.80. The number of hydrogen-bond donors (Lipinski definition) is 2. The Bertz CT molecular complexity index is 595. The lowest BCUT2D eigenvalue weighted by molar-refractivity contribution is -0.315. The Hall–Kier alpha value is -2.28. The van der Waals surface area contributed by atoms with E-state index in [1.165, 1.54) is 6.92 Å². The van der Waals surface area contributed by atoms with Crippen LogP contribution >= 0.6 is 0 Å². The second-order valence-electron chi connectivity index (χ2n) is 6.30. The Morgan fingerprint density at radius 2 is 1.28 bits per heavy atom. The van der Waals surface area contributed by atoms with E-state index in [1.54, 1.807) is 0 Å². The quantitative estimate of drug-likeness (QED) is 0.322. The van der Waals surface area contributed by atoms with Crippen molar-refractivity contribution in [2.75, 3.05) is 19.7 Å². The van der Waals surface area contributed by atoms with Gasteiger partial charge in [0.15, 0.2) is 24.6 Å². The molecule has 0 aliphatic carbocycles. The summed E-state index contributed by atoms with van der Waals surface area (Å²) in [6, 6.07) is 0. The van der Waals surface area contributed by atoms with Crippen LogP contribution in [0.25, 0.3) is 0 Å². The molecule has 0 aromatic heterocycles. The average molecular weight is 420 g/mol. The first-order valence-corrected chi connectivity index (χ1v) is 8.95. The molecule has 1 fully saturated rings. The Balaban J connectivity index is 3.31. The minimum Gasteiger partial charge on any atom is -0.463 e. The molecule has 0 amide bonds. The second-order valence-corrected chi connectivity index (χ2v) is 6.30. The van der Waals surface area contributed by atoms with Crippen LogP contribution in [-0.2, 0) is 47.6 Å². The van der Waals surface area contributed by atoms with E-state index in [0.717, 1.165) is 20.8 Å². The van der Waals surface area contributed by atoms with Crippen LogP contribution in [-0.4, -0.2) is 80.4 Å². The summed E-state index contributed by atoms with van der Waals surface area (Å²) in [6.07, 6.45) is -6.87. The molecule has 1 aliphatic heterocycles. The SMILES string of the molecule is CC(=O)OC[C@H]1O[C@@H](OC(CN)CN)[C@H](OC(C)=O)[C@@H](OC(C)=O)[C@@H]1OC(C)=O. The predicted octanol–water partition coefficient (Wildman–Crippen LogP) is -1.63. The first-order chi connectivity index (χ1) is 13.6. The van der Waals surface area contributed by atoms with E-state index < -0.39 is 60.7 Å². The number of carbonyl (C=O) groups is 4. The van der Waals surface area contributed by atoms with Gasteiger partial charge in [0.1, 0.15) is 12.7 Å². The monoisotopic (exact) mass is 420 g/mol. The molecule has 0 spiro atoms. The predicted molar refractivity (Wildman–Crippen MR) is 94.9 cm³/mol. The van der Waals surface area contributed by atoms with Crippen LogP contribution < -0.4 is 11.5 Å². The van der Waals surface area contributed by atoms with Gasteiger partial charge < -0.3 is 39.9 Å². The number of rotatable bonds is 9. The first-order valence-electron chi connectivity index (χ1n) is 8.95. The van der Waals surface area contributed by atoms with Gasteiger partial charge in [-0.15, -0.1) is 0 Å². The summed E-state index contributed by atoms with van der Waals surface area (Å²) in [4.78, 5) is 46.2. The normalized spacial score (nSPS) is 26.5. The molecule has 0 unspecified atom stereocenters. The molecule has 12 nitrogen and oxygen atoms in total. The Morgan fingerprint density at radius 1 is 0.793 bits per heavy atom. The second kappa shape index (κ2) is 11.7. The highest BCUT2D eigenvalue weighted by atomic mass is 16.7. The lowest BCUT2D eigenvalue weighted by atomic mass is 9.98. The summed E-state index contributed by atoms with van der Waals surface area (Å²) < 4.78 is 32.2. The van der Waals surface area contributed by atoms with Crippen molar-refractivity contribution in [3.63, 3.8) is 0 Å². The van der Waals surface area contributed by atoms with E-state index >= 15 is 0 Å². The van der Waals surface area contributed by atoms with Crippen LogP contribution in [0.1, 0.15) is 27.7 Å². The lowest BCUT2D eigenvalue weighted by Crippen LogP contribution is -2.63. The zero-order valence-electron chi connectivity index (χ0n) is 16.8. The van der Waals surface area contributed by atoms with Crippen LogP contribution in [0.2, 0.25) is 0 Å². The van der Waals surface area contributed by atoms with Gasteiger partial charge in [-0.25, -0.2) is 0 Å². The Morgan fingerprint density at radius 3 is 1.72 bits per heavy atom. The van der Waals surface area contributed by atoms with Crippen molar-refractivity contribution in [3.8, 4) is 0 Å². The number of esters is 4. The number of carbonyl (C=O) groups excluding carboxylic acids is 4. The molecule has 0 radical (unpaired) electrons. The van der Waals surface area contributed by atoms with E-state index in [2.05, 4.69) is 0 Å². The van der Waals surface area contributed by atoms with Crippen molar-refractivity contribution in [1.82, 2.24) is 0 Å². The molecule has 1 aliphatic rings. The molecule has 1 rings (SSSR count). The molecule has 29 heavy (non-hydrogen) atoms. The van der Waals surface area contributed by atoms with E-state index in [4.69, 9.17) is 39.9 Å². The standard InChI is InChI=1S/C17H28N2O10/c1-8(20)24-7-13-14(25-9(2)21)15(26-10(3)22)16(27-11(4)23)17(29-13)28-12(5-18)6-19/h12-17H,5-7,18-19H2,1-4H3/t13-,14-,15+,16-,17-/m1/s1. The van der Waals surface area contributed by atoms with Crippen molar-refractivity contribution in [3.05, 3.63) is 0 Å². The summed E-state index contributed by atoms with van der Waals surface area (Å²) in [7, 11) is 0. The lowest BCUT2D eigenvalue weighted by Gasteiger charge is -2.44. The van der Waals surface area contributed by atoms with Gasteiger partial charge in [0.2, 0.25) is 0 Å². The maximum Gasteiger partial charge on any atom is 0.303 e. The fourth-order valence-electron chi connectivity index (χ4n) is 2.70. The van der Waals surface area contributed by atoms with E-state index in [-0.39, 0.29) is 19.7 Å². The van der Waals surface area contributed by atoms with Crippen molar-refractivity contribution in [2.24, 2.45) is 11.5 Å². The molecule has 1 heterocycles. The number of nitrogens with two attached hydrogens (primary N) is 2. The fraction of sp³-hybridized carbons (Fsp3) is 0.765. The number of hydrogen-bond acceptors (Lipinski definition) is 12. The summed E-state index contributed by atoms with van der Waals surface area (Å²) >= 11 is 0. The fourth-order valence-corrected chi connectivity index (χ4v) is 2.70. The Kier molecular flexibility index (Phi) is 9.95. The minimum absolute atomic E-state index is 0.0311. The molecular weight excluding hydrogens is 392 g/mol. The molecule has 4 N–H and O–H groups in total. The van der Waals surface area contributed by atoms with Gasteiger partial charge in [-0.2, -0.15) is 0 Å². The highest BCUT2D eigenvalue weighted by Crippen LogP contribution is 2.30. The molecule has 166 valence electrons. The van der Waals surface area contributed by atoms with E-state index in [9.17, 15) is 19.2 Å². The molecule has 12 heteroatoms. The zero-order valence-corrected chi connectivity index (χ0v) is 16.8. The van der Waals surface area contributed by atoms with Crippen molar-refractivity contribution >= 4 is 23.9 Å². The maximum atomic E-state index is 11.7.